The highest BCUT2D eigenvalue weighted by Crippen LogP contribution is 2.38. The van der Waals surface area contributed by atoms with Gasteiger partial charge in [0.05, 0.1) is 6.42 Å². The predicted molar refractivity (Wildman–Crippen MR) is 137 cm³/mol. The highest BCUT2D eigenvalue weighted by atomic mass is 16.5. The number of carbonyl (C=O) groups is 2. The minimum Gasteiger partial charge on any atom is -0.487 e. The number of fused-ring (bicyclic) bond motifs is 1. The zero-order chi connectivity index (χ0) is 25.0. The van der Waals surface area contributed by atoms with Crippen LogP contribution in [0.1, 0.15) is 65.7 Å². The number of rotatable bonds is 9. The van der Waals surface area contributed by atoms with E-state index in [-0.39, 0.29) is 24.5 Å². The summed E-state index contributed by atoms with van der Waals surface area (Å²) in [4.78, 5) is 26.2. The molecular weight excluding hydrogens is 438 g/mol. The molecule has 0 bridgehead atoms. The van der Waals surface area contributed by atoms with Crippen LogP contribution in [0, 0.1) is 0 Å². The summed E-state index contributed by atoms with van der Waals surface area (Å²) >= 11 is 0. The van der Waals surface area contributed by atoms with E-state index in [9.17, 15) is 14.7 Å². The average Bonchev–Trinajstić information content (AvgIpc) is 3.17. The molecule has 0 saturated heterocycles. The molecule has 1 atom stereocenters. The fourth-order valence-corrected chi connectivity index (χ4v) is 4.67. The third kappa shape index (κ3) is 6.10. The van der Waals surface area contributed by atoms with Gasteiger partial charge in [0.15, 0.2) is 0 Å². The number of carbonyl (C=O) groups excluding carboxylic acids is 1. The van der Waals surface area contributed by atoms with Crippen molar-refractivity contribution in [2.45, 2.75) is 58.1 Å². The van der Waals surface area contributed by atoms with Gasteiger partial charge in [-0.2, -0.15) is 0 Å². The van der Waals surface area contributed by atoms with E-state index in [0.717, 1.165) is 23.3 Å². The van der Waals surface area contributed by atoms with Crippen molar-refractivity contribution in [3.63, 3.8) is 0 Å². The molecule has 0 spiro atoms. The van der Waals surface area contributed by atoms with Crippen LogP contribution in [0.3, 0.4) is 0 Å². The number of hydrogen-bond acceptors (Lipinski definition) is 3. The average molecular weight is 472 g/mol. The number of amides is 1. The highest BCUT2D eigenvalue weighted by molar-refractivity contribution is 5.95. The van der Waals surface area contributed by atoms with Gasteiger partial charge in [0.2, 0.25) is 0 Å². The maximum Gasteiger partial charge on any atom is 0.305 e. The second-order valence-electron chi connectivity index (χ2n) is 9.98. The molecule has 0 aromatic heterocycles. The van der Waals surface area contributed by atoms with E-state index in [1.165, 1.54) is 11.1 Å². The minimum absolute atomic E-state index is 0.0969. The lowest BCUT2D eigenvalue weighted by Gasteiger charge is -2.24. The van der Waals surface area contributed by atoms with Crippen LogP contribution in [0.25, 0.3) is 0 Å². The first-order valence-corrected chi connectivity index (χ1v) is 12.2. The van der Waals surface area contributed by atoms with Crippen LogP contribution in [0.5, 0.6) is 5.75 Å². The normalized spacial score (nSPS) is 16.6. The van der Waals surface area contributed by atoms with E-state index in [1.54, 1.807) is 11.0 Å². The van der Waals surface area contributed by atoms with E-state index in [2.05, 4.69) is 45.0 Å². The Labute approximate surface area is 207 Å². The first kappa shape index (κ1) is 24.5. The van der Waals surface area contributed by atoms with Gasteiger partial charge in [-0.3, -0.25) is 9.59 Å². The predicted octanol–water partition coefficient (Wildman–Crippen LogP) is 5.86. The number of nitrogens with zero attached hydrogens (tertiary/aromatic N) is 1. The molecule has 1 amide bonds. The number of carboxylic acid groups (broad SMARTS) is 1. The van der Waals surface area contributed by atoms with Crippen LogP contribution < -0.4 is 4.74 Å². The maximum atomic E-state index is 13.4. The summed E-state index contributed by atoms with van der Waals surface area (Å²) in [5, 5.41) is 9.17. The summed E-state index contributed by atoms with van der Waals surface area (Å²) in [6.45, 7) is 7.01. The Morgan fingerprint density at radius 2 is 1.71 bits per heavy atom. The molecule has 5 heteroatoms. The molecule has 1 aliphatic heterocycles. The van der Waals surface area contributed by atoms with Crippen LogP contribution >= 0.6 is 0 Å². The summed E-state index contributed by atoms with van der Waals surface area (Å²) < 4.78 is 6.34. The summed E-state index contributed by atoms with van der Waals surface area (Å²) in [6, 6.07) is 23.9. The van der Waals surface area contributed by atoms with Gasteiger partial charge in [0.1, 0.15) is 11.4 Å². The molecule has 182 valence electrons. The SMILES string of the molecule is CC(C)c1ccc(C[C@]2(C)Cc3cc(C(=O)N(CCC(=O)O)Cc4ccccc4)ccc3O2)cc1. The van der Waals surface area contributed by atoms with Crippen molar-refractivity contribution in [2.24, 2.45) is 0 Å². The van der Waals surface area contributed by atoms with Crippen molar-refractivity contribution < 1.29 is 19.4 Å². The standard InChI is InChI=1S/C30H33NO4/c1-21(2)24-11-9-22(10-12-24)18-30(3)19-26-17-25(13-14-27(26)35-30)29(34)31(16-15-28(32)33)20-23-7-5-4-6-8-23/h4-14,17,21H,15-16,18-20H2,1-3H3,(H,32,33)/t30-/m1/s1. The van der Waals surface area contributed by atoms with E-state index in [1.807, 2.05) is 42.5 Å². The third-order valence-electron chi connectivity index (χ3n) is 6.55. The van der Waals surface area contributed by atoms with Crippen LogP contribution in [-0.4, -0.2) is 34.0 Å². The first-order valence-electron chi connectivity index (χ1n) is 12.2. The van der Waals surface area contributed by atoms with E-state index in [0.29, 0.717) is 24.4 Å². The van der Waals surface area contributed by atoms with E-state index >= 15 is 0 Å². The Kier molecular flexibility index (Phi) is 7.25. The van der Waals surface area contributed by atoms with Crippen molar-refractivity contribution in [2.75, 3.05) is 6.54 Å². The Balaban J connectivity index is 1.49. The minimum atomic E-state index is -0.921. The van der Waals surface area contributed by atoms with Crippen LogP contribution in [-0.2, 0) is 24.2 Å². The van der Waals surface area contributed by atoms with Gasteiger partial charge in [0, 0.05) is 31.5 Å². The van der Waals surface area contributed by atoms with Crippen LogP contribution in [0.15, 0.2) is 72.8 Å². The van der Waals surface area contributed by atoms with Gasteiger partial charge >= 0.3 is 5.97 Å². The fourth-order valence-electron chi connectivity index (χ4n) is 4.67. The van der Waals surface area contributed by atoms with E-state index < -0.39 is 5.97 Å². The molecule has 0 saturated carbocycles. The number of benzene rings is 3. The van der Waals surface area contributed by atoms with Crippen molar-refractivity contribution in [3.05, 3.63) is 101 Å². The monoisotopic (exact) mass is 471 g/mol. The molecule has 3 aromatic carbocycles. The number of ether oxygens (including phenoxy) is 1. The molecule has 35 heavy (non-hydrogen) atoms. The maximum absolute atomic E-state index is 13.4. The third-order valence-corrected chi connectivity index (χ3v) is 6.55. The second kappa shape index (κ2) is 10.3. The summed E-state index contributed by atoms with van der Waals surface area (Å²) in [7, 11) is 0. The van der Waals surface area contributed by atoms with Crippen molar-refractivity contribution in [3.8, 4) is 5.75 Å². The van der Waals surface area contributed by atoms with Crippen LogP contribution in [0.2, 0.25) is 0 Å². The molecule has 0 fully saturated rings. The smallest absolute Gasteiger partial charge is 0.305 e. The number of aliphatic carboxylic acids is 1. The Morgan fingerprint density at radius 1 is 1.00 bits per heavy atom. The van der Waals surface area contributed by atoms with Crippen molar-refractivity contribution in [1.29, 1.82) is 0 Å². The van der Waals surface area contributed by atoms with Crippen LogP contribution in [0.4, 0.5) is 0 Å². The molecule has 1 heterocycles. The summed E-state index contributed by atoms with van der Waals surface area (Å²) in [5.41, 5.74) is 4.70. The largest absolute Gasteiger partial charge is 0.487 e. The molecule has 4 rings (SSSR count). The van der Waals surface area contributed by atoms with Gasteiger partial charge in [-0.05, 0) is 53.3 Å². The van der Waals surface area contributed by atoms with Crippen molar-refractivity contribution >= 4 is 11.9 Å². The lowest BCUT2D eigenvalue weighted by molar-refractivity contribution is -0.137. The summed E-state index contributed by atoms with van der Waals surface area (Å²) in [6.07, 6.45) is 1.39. The Morgan fingerprint density at radius 3 is 2.37 bits per heavy atom. The topological polar surface area (TPSA) is 66.8 Å². The second-order valence-corrected chi connectivity index (χ2v) is 9.98. The Hall–Kier alpha value is -3.60. The molecule has 1 aliphatic rings. The number of carboxylic acids is 1. The molecule has 0 unspecified atom stereocenters. The van der Waals surface area contributed by atoms with E-state index in [4.69, 9.17) is 4.74 Å². The van der Waals surface area contributed by atoms with Gasteiger partial charge < -0.3 is 14.7 Å². The van der Waals surface area contributed by atoms with Gasteiger partial charge in [-0.15, -0.1) is 0 Å². The molecule has 0 aliphatic carbocycles. The highest BCUT2D eigenvalue weighted by Gasteiger charge is 2.35. The van der Waals surface area contributed by atoms with Crippen molar-refractivity contribution in [1.82, 2.24) is 4.90 Å². The fraction of sp³-hybridized carbons (Fsp3) is 0.333. The first-order chi connectivity index (χ1) is 16.7. The molecule has 0 radical (unpaired) electrons. The Bertz CT molecular complexity index is 1190. The molecule has 1 N–H and O–H groups in total. The zero-order valence-corrected chi connectivity index (χ0v) is 20.7. The lowest BCUT2D eigenvalue weighted by atomic mass is 9.90. The van der Waals surface area contributed by atoms with Gasteiger partial charge in [-0.25, -0.2) is 0 Å². The zero-order valence-electron chi connectivity index (χ0n) is 20.7. The molecule has 3 aromatic rings. The number of hydrogen-bond donors (Lipinski definition) is 1. The molecule has 5 nitrogen and oxygen atoms in total. The molecular formula is C30H33NO4. The summed E-state index contributed by atoms with van der Waals surface area (Å²) in [5.74, 6) is 0.216. The quantitative estimate of drug-likeness (QED) is 0.424. The van der Waals surface area contributed by atoms with Gasteiger partial charge in [-0.1, -0.05) is 68.4 Å². The van der Waals surface area contributed by atoms with Gasteiger partial charge in [0.25, 0.3) is 5.91 Å². The lowest BCUT2D eigenvalue weighted by Crippen LogP contribution is -2.33.